The van der Waals surface area contributed by atoms with Crippen LogP contribution in [-0.2, 0) is 9.59 Å². The Kier molecular flexibility index (Phi) is 4.50. The van der Waals surface area contributed by atoms with Gasteiger partial charge in [0.05, 0.1) is 5.92 Å². The third kappa shape index (κ3) is 2.95. The molecule has 0 aliphatic carbocycles. The Balaban J connectivity index is 1.59. The Hall–Kier alpha value is -1.88. The molecule has 0 bridgehead atoms. The number of para-hydroxylation sites is 1. The van der Waals surface area contributed by atoms with Gasteiger partial charge < -0.3 is 10.2 Å². The molecule has 5 heteroatoms. The first-order chi connectivity index (χ1) is 12.2. The summed E-state index contributed by atoms with van der Waals surface area (Å²) in [6, 6.07) is 8.53. The van der Waals surface area contributed by atoms with E-state index in [-0.39, 0.29) is 24.2 Å². The molecule has 134 valence electrons. The predicted octanol–water partition coefficient (Wildman–Crippen LogP) is 2.59. The Morgan fingerprint density at radius 3 is 2.76 bits per heavy atom. The minimum Gasteiger partial charge on any atom is -0.338 e. The number of hydrogen-bond acceptors (Lipinski definition) is 3. The summed E-state index contributed by atoms with van der Waals surface area (Å²) in [6.07, 6.45) is 4.84. The van der Waals surface area contributed by atoms with Gasteiger partial charge in [-0.15, -0.1) is 0 Å². The van der Waals surface area contributed by atoms with Gasteiger partial charge in [-0.05, 0) is 50.4 Å². The minimum atomic E-state index is -0.331. The van der Waals surface area contributed by atoms with Crippen molar-refractivity contribution < 1.29 is 9.59 Å². The van der Waals surface area contributed by atoms with Gasteiger partial charge in [0.25, 0.3) is 0 Å². The number of benzene rings is 1. The van der Waals surface area contributed by atoms with E-state index in [4.69, 9.17) is 0 Å². The highest BCUT2D eigenvalue weighted by molar-refractivity contribution is 6.01. The van der Waals surface area contributed by atoms with E-state index in [9.17, 15) is 9.59 Å². The number of anilines is 1. The molecule has 2 fully saturated rings. The van der Waals surface area contributed by atoms with E-state index in [0.717, 1.165) is 43.7 Å². The highest BCUT2D eigenvalue weighted by Crippen LogP contribution is 2.37. The van der Waals surface area contributed by atoms with Crippen LogP contribution >= 0.6 is 0 Å². The molecular weight excluding hydrogens is 314 g/mol. The van der Waals surface area contributed by atoms with Crippen molar-refractivity contribution in [2.24, 2.45) is 0 Å². The van der Waals surface area contributed by atoms with Crippen LogP contribution in [-0.4, -0.2) is 53.3 Å². The number of carbonyl (C=O) groups is 2. The zero-order valence-corrected chi connectivity index (χ0v) is 14.9. The molecule has 3 aliphatic heterocycles. The molecule has 0 aromatic heterocycles. The fraction of sp³-hybridized carbons (Fsp3) is 0.600. The molecule has 1 aromatic rings. The molecule has 2 amide bonds. The van der Waals surface area contributed by atoms with Crippen molar-refractivity contribution in [1.29, 1.82) is 0 Å². The second-order valence-electron chi connectivity index (χ2n) is 7.47. The quantitative estimate of drug-likeness (QED) is 0.919. The smallest absolute Gasteiger partial charge is 0.231 e. The highest BCUT2D eigenvalue weighted by atomic mass is 16.2. The number of fused-ring (bicyclic) bond motifs is 1. The Morgan fingerprint density at radius 1 is 1.16 bits per heavy atom. The van der Waals surface area contributed by atoms with E-state index in [0.29, 0.717) is 12.1 Å². The summed E-state index contributed by atoms with van der Waals surface area (Å²) < 4.78 is 0. The molecule has 0 saturated carbocycles. The van der Waals surface area contributed by atoms with Gasteiger partial charge in [0.15, 0.2) is 0 Å². The molecule has 1 aromatic carbocycles. The van der Waals surface area contributed by atoms with E-state index in [1.54, 1.807) is 0 Å². The first kappa shape index (κ1) is 16.6. The fourth-order valence-corrected chi connectivity index (χ4v) is 4.98. The third-order valence-electron chi connectivity index (χ3n) is 6.14. The van der Waals surface area contributed by atoms with Gasteiger partial charge in [-0.25, -0.2) is 0 Å². The number of nitrogens with zero attached hydrogens (tertiary/aromatic N) is 2. The number of nitrogens with one attached hydrogen (secondary N) is 1. The largest absolute Gasteiger partial charge is 0.338 e. The Morgan fingerprint density at radius 2 is 1.92 bits per heavy atom. The molecule has 0 unspecified atom stereocenters. The zero-order chi connectivity index (χ0) is 17.4. The molecule has 2 saturated heterocycles. The average Bonchev–Trinajstić information content (AvgIpc) is 3.28. The third-order valence-corrected chi connectivity index (χ3v) is 6.14. The van der Waals surface area contributed by atoms with Crippen molar-refractivity contribution in [3.63, 3.8) is 0 Å². The number of likely N-dealkylation sites (N-methyl/N-ethyl adjacent to an activating group) is 1. The maximum atomic E-state index is 13.4. The molecule has 3 aliphatic rings. The van der Waals surface area contributed by atoms with E-state index in [1.807, 2.05) is 24.3 Å². The molecule has 3 atom stereocenters. The van der Waals surface area contributed by atoms with E-state index in [2.05, 4.69) is 22.0 Å². The average molecular weight is 341 g/mol. The maximum Gasteiger partial charge on any atom is 0.231 e. The number of carbonyl (C=O) groups excluding carboxylic acids is 2. The molecule has 0 spiro atoms. The summed E-state index contributed by atoms with van der Waals surface area (Å²) in [7, 11) is 0. The van der Waals surface area contributed by atoms with Gasteiger partial charge in [-0.2, -0.15) is 0 Å². The lowest BCUT2D eigenvalue weighted by molar-refractivity contribution is -0.136. The van der Waals surface area contributed by atoms with Gasteiger partial charge in [-0.3, -0.25) is 14.5 Å². The summed E-state index contributed by atoms with van der Waals surface area (Å²) in [5.41, 5.74) is 1.76. The van der Waals surface area contributed by atoms with Crippen molar-refractivity contribution in [2.75, 3.05) is 25.0 Å². The fourth-order valence-electron chi connectivity index (χ4n) is 4.98. The lowest BCUT2D eigenvalue weighted by atomic mass is 9.88. The Labute approximate surface area is 149 Å². The number of likely N-dealkylation sites (tertiary alicyclic amines) is 2. The van der Waals surface area contributed by atoms with Crippen molar-refractivity contribution >= 4 is 17.5 Å². The van der Waals surface area contributed by atoms with Crippen LogP contribution in [0.4, 0.5) is 5.69 Å². The first-order valence-corrected chi connectivity index (χ1v) is 9.62. The van der Waals surface area contributed by atoms with Crippen molar-refractivity contribution in [3.8, 4) is 0 Å². The molecule has 25 heavy (non-hydrogen) atoms. The normalized spacial score (nSPS) is 29.6. The SMILES string of the molecule is CCN1CCC[C@@H]1[C@@H]1CCCN1C(=O)[C@@H]1CC(=O)Nc2ccccc21. The van der Waals surface area contributed by atoms with Crippen LogP contribution in [0, 0.1) is 0 Å². The van der Waals surface area contributed by atoms with Crippen LogP contribution in [0.1, 0.15) is 50.5 Å². The van der Waals surface area contributed by atoms with Crippen LogP contribution in [0.15, 0.2) is 24.3 Å². The van der Waals surface area contributed by atoms with E-state index < -0.39 is 0 Å². The summed E-state index contributed by atoms with van der Waals surface area (Å²) in [5, 5.41) is 2.90. The van der Waals surface area contributed by atoms with Gasteiger partial charge in [0.1, 0.15) is 0 Å². The highest BCUT2D eigenvalue weighted by Gasteiger charge is 2.42. The number of rotatable bonds is 3. The second kappa shape index (κ2) is 6.79. The van der Waals surface area contributed by atoms with Gasteiger partial charge in [0, 0.05) is 30.7 Å². The van der Waals surface area contributed by atoms with E-state index >= 15 is 0 Å². The van der Waals surface area contributed by atoms with Crippen molar-refractivity contribution in [2.45, 2.75) is 57.0 Å². The van der Waals surface area contributed by atoms with Crippen LogP contribution in [0.2, 0.25) is 0 Å². The number of hydrogen-bond donors (Lipinski definition) is 1. The lowest BCUT2D eigenvalue weighted by Gasteiger charge is -2.37. The molecule has 1 N–H and O–H groups in total. The lowest BCUT2D eigenvalue weighted by Crippen LogP contribution is -2.50. The summed E-state index contributed by atoms with van der Waals surface area (Å²) >= 11 is 0. The van der Waals surface area contributed by atoms with Crippen LogP contribution in [0.3, 0.4) is 0 Å². The zero-order valence-electron chi connectivity index (χ0n) is 14.9. The van der Waals surface area contributed by atoms with Gasteiger partial charge in [0.2, 0.25) is 11.8 Å². The van der Waals surface area contributed by atoms with Crippen molar-refractivity contribution in [3.05, 3.63) is 29.8 Å². The summed E-state index contributed by atoms with van der Waals surface area (Å²) in [4.78, 5) is 30.1. The molecule has 3 heterocycles. The molecule has 0 radical (unpaired) electrons. The molecule has 5 nitrogen and oxygen atoms in total. The summed E-state index contributed by atoms with van der Waals surface area (Å²) in [5.74, 6) is -0.237. The topological polar surface area (TPSA) is 52.7 Å². The number of amides is 2. The van der Waals surface area contributed by atoms with Gasteiger partial charge >= 0.3 is 0 Å². The predicted molar refractivity (Wildman–Crippen MR) is 97.4 cm³/mol. The van der Waals surface area contributed by atoms with Crippen LogP contribution in [0.5, 0.6) is 0 Å². The second-order valence-corrected chi connectivity index (χ2v) is 7.47. The summed E-state index contributed by atoms with van der Waals surface area (Å²) in [6.45, 7) is 5.24. The first-order valence-electron chi connectivity index (χ1n) is 9.62. The molecular formula is C20H27N3O2. The molecule has 4 rings (SSSR count). The minimum absolute atomic E-state index is 0.0520. The van der Waals surface area contributed by atoms with E-state index in [1.165, 1.54) is 12.8 Å². The Bertz CT molecular complexity index is 675. The standard InChI is InChI=1S/C20H27N3O2/c1-2-22-11-5-9-17(22)18-10-6-12-23(18)20(25)15-13-19(24)21-16-8-4-3-7-14(15)16/h3-4,7-8,15,17-18H,2,5-6,9-13H2,1H3,(H,21,24)/t15-,17-,18+/m1/s1. The van der Waals surface area contributed by atoms with Crippen molar-refractivity contribution in [1.82, 2.24) is 9.80 Å². The maximum absolute atomic E-state index is 13.4. The van der Waals surface area contributed by atoms with Gasteiger partial charge in [-0.1, -0.05) is 25.1 Å². The van der Waals surface area contributed by atoms with Crippen LogP contribution < -0.4 is 5.32 Å². The monoisotopic (exact) mass is 341 g/mol. The van der Waals surface area contributed by atoms with Crippen LogP contribution in [0.25, 0.3) is 0 Å².